The van der Waals surface area contributed by atoms with Crippen LogP contribution in [-0.2, 0) is 6.54 Å². The van der Waals surface area contributed by atoms with Gasteiger partial charge in [0.2, 0.25) is 0 Å². The predicted molar refractivity (Wildman–Crippen MR) is 68.7 cm³/mol. The Bertz CT molecular complexity index is 320. The van der Waals surface area contributed by atoms with Crippen molar-refractivity contribution in [2.45, 2.75) is 32.9 Å². The van der Waals surface area contributed by atoms with E-state index in [1.54, 1.807) is 0 Å². The number of hydrogen-bond acceptors (Lipinski definition) is 2. The number of hydrogen-bond donors (Lipinski definition) is 1. The van der Waals surface area contributed by atoms with Crippen LogP contribution in [0.2, 0.25) is 0 Å². The van der Waals surface area contributed by atoms with Gasteiger partial charge in [-0.15, -0.1) is 6.58 Å². The minimum absolute atomic E-state index is 0.505. The van der Waals surface area contributed by atoms with Gasteiger partial charge in [-0.1, -0.05) is 32.1 Å². The average molecular weight is 219 g/mol. The molecule has 0 aromatic heterocycles. The maximum atomic E-state index is 5.59. The molecule has 88 valence electrons. The standard InChI is InChI=1S/C14H21NO/c1-4-5-9-16-14-8-6-7-13(10-14)11-15-12(2)3/h4,6-8,10,12,15H,1,5,9,11H2,2-3H3. The van der Waals surface area contributed by atoms with E-state index in [2.05, 4.69) is 37.9 Å². The van der Waals surface area contributed by atoms with Gasteiger partial charge >= 0.3 is 0 Å². The van der Waals surface area contributed by atoms with Crippen LogP contribution >= 0.6 is 0 Å². The van der Waals surface area contributed by atoms with Gasteiger partial charge in [-0.3, -0.25) is 0 Å². The Balaban J connectivity index is 2.46. The molecule has 0 spiro atoms. The zero-order chi connectivity index (χ0) is 11.8. The quantitative estimate of drug-likeness (QED) is 0.562. The molecule has 0 saturated carbocycles. The highest BCUT2D eigenvalue weighted by atomic mass is 16.5. The first-order valence-corrected chi connectivity index (χ1v) is 5.78. The van der Waals surface area contributed by atoms with Gasteiger partial charge in [0.1, 0.15) is 5.75 Å². The van der Waals surface area contributed by atoms with Gasteiger partial charge in [-0.25, -0.2) is 0 Å². The molecule has 0 radical (unpaired) electrons. The monoisotopic (exact) mass is 219 g/mol. The van der Waals surface area contributed by atoms with E-state index >= 15 is 0 Å². The summed E-state index contributed by atoms with van der Waals surface area (Å²) in [6.07, 6.45) is 2.75. The first-order valence-electron chi connectivity index (χ1n) is 5.78. The smallest absolute Gasteiger partial charge is 0.119 e. The van der Waals surface area contributed by atoms with E-state index in [9.17, 15) is 0 Å². The molecule has 2 nitrogen and oxygen atoms in total. The average Bonchev–Trinajstić information content (AvgIpc) is 2.27. The molecule has 1 N–H and O–H groups in total. The molecule has 0 amide bonds. The van der Waals surface area contributed by atoms with E-state index < -0.39 is 0 Å². The molecule has 2 heteroatoms. The Morgan fingerprint density at radius 2 is 2.25 bits per heavy atom. The van der Waals surface area contributed by atoms with Crippen LogP contribution in [0.25, 0.3) is 0 Å². The number of nitrogens with one attached hydrogen (secondary N) is 1. The molecule has 0 aliphatic heterocycles. The van der Waals surface area contributed by atoms with Crippen molar-refractivity contribution in [2.75, 3.05) is 6.61 Å². The van der Waals surface area contributed by atoms with Crippen molar-refractivity contribution in [3.8, 4) is 5.75 Å². The molecule has 0 heterocycles. The second-order valence-electron chi connectivity index (χ2n) is 4.11. The van der Waals surface area contributed by atoms with Gasteiger partial charge in [0.15, 0.2) is 0 Å². The summed E-state index contributed by atoms with van der Waals surface area (Å²) in [6, 6.07) is 8.71. The molecule has 0 aliphatic rings. The molecule has 16 heavy (non-hydrogen) atoms. The van der Waals surface area contributed by atoms with Gasteiger partial charge in [-0.2, -0.15) is 0 Å². The third-order valence-electron chi connectivity index (χ3n) is 2.20. The summed E-state index contributed by atoms with van der Waals surface area (Å²) in [6.45, 7) is 9.54. The molecule has 1 aromatic carbocycles. The van der Waals surface area contributed by atoms with E-state index in [0.29, 0.717) is 12.6 Å². The van der Waals surface area contributed by atoms with Gasteiger partial charge in [0.25, 0.3) is 0 Å². The maximum Gasteiger partial charge on any atom is 0.119 e. The van der Waals surface area contributed by atoms with Crippen molar-refractivity contribution in [1.82, 2.24) is 5.32 Å². The summed E-state index contributed by atoms with van der Waals surface area (Å²) >= 11 is 0. The second kappa shape index (κ2) is 7.07. The molecule has 0 saturated heterocycles. The minimum Gasteiger partial charge on any atom is -0.493 e. The molecular weight excluding hydrogens is 198 g/mol. The van der Waals surface area contributed by atoms with E-state index in [-0.39, 0.29) is 0 Å². The van der Waals surface area contributed by atoms with Crippen molar-refractivity contribution in [3.63, 3.8) is 0 Å². The van der Waals surface area contributed by atoms with Crippen molar-refractivity contribution >= 4 is 0 Å². The lowest BCUT2D eigenvalue weighted by molar-refractivity contribution is 0.324. The van der Waals surface area contributed by atoms with Gasteiger partial charge in [0, 0.05) is 12.6 Å². The van der Waals surface area contributed by atoms with Crippen LogP contribution in [-0.4, -0.2) is 12.6 Å². The van der Waals surface area contributed by atoms with E-state index in [1.165, 1.54) is 5.56 Å². The number of ether oxygens (including phenoxy) is 1. The molecule has 0 bridgehead atoms. The summed E-state index contributed by atoms with van der Waals surface area (Å²) in [7, 11) is 0. The molecule has 1 rings (SSSR count). The third-order valence-corrected chi connectivity index (χ3v) is 2.20. The van der Waals surface area contributed by atoms with E-state index in [4.69, 9.17) is 4.74 Å². The molecule has 0 atom stereocenters. The molecule has 0 unspecified atom stereocenters. The van der Waals surface area contributed by atoms with E-state index in [1.807, 2.05) is 18.2 Å². The summed E-state index contributed by atoms with van der Waals surface area (Å²) < 4.78 is 5.59. The fourth-order valence-corrected chi connectivity index (χ4v) is 1.33. The Morgan fingerprint density at radius 3 is 2.94 bits per heavy atom. The topological polar surface area (TPSA) is 21.3 Å². The van der Waals surface area contributed by atoms with Crippen LogP contribution in [0.3, 0.4) is 0 Å². The van der Waals surface area contributed by atoms with Gasteiger partial charge in [0.05, 0.1) is 6.61 Å². The molecule has 0 aliphatic carbocycles. The van der Waals surface area contributed by atoms with Crippen LogP contribution in [0.1, 0.15) is 25.8 Å². The lowest BCUT2D eigenvalue weighted by Gasteiger charge is -2.10. The minimum atomic E-state index is 0.505. The summed E-state index contributed by atoms with van der Waals surface area (Å²) in [5.41, 5.74) is 1.25. The number of benzene rings is 1. The fraction of sp³-hybridized carbons (Fsp3) is 0.429. The van der Waals surface area contributed by atoms with Crippen molar-refractivity contribution in [3.05, 3.63) is 42.5 Å². The van der Waals surface area contributed by atoms with Crippen LogP contribution in [0.4, 0.5) is 0 Å². The highest BCUT2D eigenvalue weighted by Gasteiger charge is 1.98. The van der Waals surface area contributed by atoms with Gasteiger partial charge < -0.3 is 10.1 Å². The van der Waals surface area contributed by atoms with Crippen LogP contribution in [0.5, 0.6) is 5.75 Å². The maximum absolute atomic E-state index is 5.59. The SMILES string of the molecule is C=CCCOc1cccc(CNC(C)C)c1. The Labute approximate surface area is 98.3 Å². The predicted octanol–water partition coefficient (Wildman–Crippen LogP) is 3.14. The number of rotatable bonds is 7. The zero-order valence-electron chi connectivity index (χ0n) is 10.2. The molecular formula is C14H21NO. The zero-order valence-corrected chi connectivity index (χ0v) is 10.2. The highest BCUT2D eigenvalue weighted by molar-refractivity contribution is 5.28. The second-order valence-corrected chi connectivity index (χ2v) is 4.11. The third kappa shape index (κ3) is 4.99. The summed E-state index contributed by atoms with van der Waals surface area (Å²) in [4.78, 5) is 0. The largest absolute Gasteiger partial charge is 0.493 e. The van der Waals surface area contributed by atoms with Crippen molar-refractivity contribution in [2.24, 2.45) is 0 Å². The Hall–Kier alpha value is -1.28. The summed E-state index contributed by atoms with van der Waals surface area (Å²) in [5, 5.41) is 3.38. The first-order chi connectivity index (χ1) is 7.72. The van der Waals surface area contributed by atoms with E-state index in [0.717, 1.165) is 18.7 Å². The lowest BCUT2D eigenvalue weighted by Crippen LogP contribution is -2.21. The van der Waals surface area contributed by atoms with Crippen molar-refractivity contribution in [1.29, 1.82) is 0 Å². The summed E-state index contributed by atoms with van der Waals surface area (Å²) in [5.74, 6) is 0.935. The van der Waals surface area contributed by atoms with Crippen LogP contribution in [0.15, 0.2) is 36.9 Å². The van der Waals surface area contributed by atoms with Crippen LogP contribution < -0.4 is 10.1 Å². The highest BCUT2D eigenvalue weighted by Crippen LogP contribution is 2.13. The van der Waals surface area contributed by atoms with Crippen molar-refractivity contribution < 1.29 is 4.74 Å². The molecule has 0 fully saturated rings. The first kappa shape index (κ1) is 12.8. The molecule has 1 aromatic rings. The normalized spacial score (nSPS) is 10.4. The van der Waals surface area contributed by atoms with Gasteiger partial charge in [-0.05, 0) is 24.1 Å². The van der Waals surface area contributed by atoms with Crippen LogP contribution in [0, 0.1) is 0 Å². The lowest BCUT2D eigenvalue weighted by atomic mass is 10.2. The fourth-order valence-electron chi connectivity index (χ4n) is 1.33. The Morgan fingerprint density at radius 1 is 1.44 bits per heavy atom. The Kier molecular flexibility index (Phi) is 5.65.